The van der Waals surface area contributed by atoms with Crippen LogP contribution in [0, 0.1) is 12.7 Å². The van der Waals surface area contributed by atoms with E-state index in [1.807, 2.05) is 20.8 Å². The van der Waals surface area contributed by atoms with Gasteiger partial charge in [0.15, 0.2) is 0 Å². The number of carbonyl (C=O) groups is 2. The van der Waals surface area contributed by atoms with Crippen LogP contribution in [-0.4, -0.2) is 50.9 Å². The molecule has 3 aromatic rings. The van der Waals surface area contributed by atoms with E-state index in [-0.39, 0.29) is 28.7 Å². The molecule has 0 aliphatic heterocycles. The molecule has 0 fully saturated rings. The predicted octanol–water partition coefficient (Wildman–Crippen LogP) is 4.67. The van der Waals surface area contributed by atoms with E-state index in [4.69, 9.17) is 4.74 Å². The van der Waals surface area contributed by atoms with E-state index in [2.05, 4.69) is 5.32 Å². The standard InChI is InChI=1S/C30H36FN3O5S/c1-6-22(3)32-30(36)23(4)33(19-24-9-7-8-10-28(24)31)29(35)20-34(25-13-15-26(39-5)16-14-25)40(37,38)27-17-11-21(2)12-18-27/h7-18,22-23H,6,19-20H2,1-5H3,(H,32,36)/t22-,23+/m0/s1. The van der Waals surface area contributed by atoms with Crippen LogP contribution in [0.1, 0.15) is 38.3 Å². The molecule has 3 aromatic carbocycles. The number of aryl methyl sites for hydroxylation is 1. The molecule has 0 aliphatic carbocycles. The Bertz CT molecular complexity index is 1410. The van der Waals surface area contributed by atoms with Gasteiger partial charge in [-0.25, -0.2) is 12.8 Å². The van der Waals surface area contributed by atoms with E-state index in [9.17, 15) is 22.4 Å². The molecule has 0 heterocycles. The van der Waals surface area contributed by atoms with E-state index >= 15 is 0 Å². The number of methoxy groups -OCH3 is 1. The molecule has 40 heavy (non-hydrogen) atoms. The molecular weight excluding hydrogens is 533 g/mol. The van der Waals surface area contributed by atoms with E-state index < -0.39 is 40.2 Å². The fourth-order valence-corrected chi connectivity index (χ4v) is 5.39. The van der Waals surface area contributed by atoms with Crippen molar-refractivity contribution in [2.24, 2.45) is 0 Å². The zero-order valence-electron chi connectivity index (χ0n) is 23.4. The van der Waals surface area contributed by atoms with Gasteiger partial charge in [-0.1, -0.05) is 42.8 Å². The van der Waals surface area contributed by atoms with Crippen LogP contribution in [0.5, 0.6) is 5.75 Å². The number of rotatable bonds is 12. The summed E-state index contributed by atoms with van der Waals surface area (Å²) in [5.41, 5.74) is 1.32. The molecule has 0 saturated heterocycles. The number of hydrogen-bond donors (Lipinski definition) is 1. The fourth-order valence-electron chi connectivity index (χ4n) is 3.97. The van der Waals surface area contributed by atoms with Crippen molar-refractivity contribution in [3.05, 3.63) is 89.7 Å². The van der Waals surface area contributed by atoms with Gasteiger partial charge in [0.2, 0.25) is 11.8 Å². The van der Waals surface area contributed by atoms with Gasteiger partial charge >= 0.3 is 0 Å². The molecule has 1 N–H and O–H groups in total. The predicted molar refractivity (Wildman–Crippen MR) is 153 cm³/mol. The average Bonchev–Trinajstić information content (AvgIpc) is 2.95. The number of halogens is 1. The molecule has 8 nitrogen and oxygen atoms in total. The minimum atomic E-state index is -4.20. The van der Waals surface area contributed by atoms with Crippen molar-refractivity contribution in [2.75, 3.05) is 18.0 Å². The monoisotopic (exact) mass is 569 g/mol. The van der Waals surface area contributed by atoms with Crippen LogP contribution in [0.25, 0.3) is 0 Å². The number of nitrogens with zero attached hydrogens (tertiary/aromatic N) is 2. The molecule has 214 valence electrons. The fraction of sp³-hybridized carbons (Fsp3) is 0.333. The van der Waals surface area contributed by atoms with E-state index in [1.165, 1.54) is 54.5 Å². The molecule has 2 amide bonds. The second-order valence-corrected chi connectivity index (χ2v) is 11.5. The summed E-state index contributed by atoms with van der Waals surface area (Å²) in [7, 11) is -2.71. The van der Waals surface area contributed by atoms with Gasteiger partial charge in [0.05, 0.1) is 17.7 Å². The van der Waals surface area contributed by atoms with Gasteiger partial charge in [0, 0.05) is 18.2 Å². The molecule has 0 radical (unpaired) electrons. The molecule has 0 saturated carbocycles. The molecule has 0 aromatic heterocycles. The first kappa shape index (κ1) is 30.6. The zero-order chi connectivity index (χ0) is 29.4. The molecule has 0 spiro atoms. The van der Waals surface area contributed by atoms with Crippen LogP contribution in [0.15, 0.2) is 77.7 Å². The van der Waals surface area contributed by atoms with Gasteiger partial charge < -0.3 is 15.0 Å². The van der Waals surface area contributed by atoms with Crippen LogP contribution >= 0.6 is 0 Å². The molecule has 0 bridgehead atoms. The highest BCUT2D eigenvalue weighted by atomic mass is 32.2. The first-order valence-corrected chi connectivity index (χ1v) is 14.5. The van der Waals surface area contributed by atoms with Crippen molar-refractivity contribution < 1.29 is 27.1 Å². The van der Waals surface area contributed by atoms with Gasteiger partial charge in [-0.2, -0.15) is 0 Å². The van der Waals surface area contributed by atoms with Crippen LogP contribution < -0.4 is 14.4 Å². The quantitative estimate of drug-likeness (QED) is 0.342. The third kappa shape index (κ3) is 7.38. The second kappa shape index (κ2) is 13.4. The lowest BCUT2D eigenvalue weighted by Gasteiger charge is -2.32. The van der Waals surface area contributed by atoms with Crippen molar-refractivity contribution in [1.82, 2.24) is 10.2 Å². The normalized spacial score (nSPS) is 12.8. The third-order valence-electron chi connectivity index (χ3n) is 6.72. The van der Waals surface area contributed by atoms with Gasteiger partial charge in [0.1, 0.15) is 24.2 Å². The van der Waals surface area contributed by atoms with Crippen molar-refractivity contribution >= 4 is 27.5 Å². The van der Waals surface area contributed by atoms with Crippen molar-refractivity contribution in [3.8, 4) is 5.75 Å². The topological polar surface area (TPSA) is 96.0 Å². The summed E-state index contributed by atoms with van der Waals surface area (Å²) in [6, 6.07) is 17.4. The van der Waals surface area contributed by atoms with E-state index in [0.717, 1.165) is 9.87 Å². The molecule has 10 heteroatoms. The van der Waals surface area contributed by atoms with Gasteiger partial charge in [0.25, 0.3) is 10.0 Å². The summed E-state index contributed by atoms with van der Waals surface area (Å²) >= 11 is 0. The maximum Gasteiger partial charge on any atom is 0.264 e. The lowest BCUT2D eigenvalue weighted by molar-refractivity contribution is -0.139. The first-order valence-electron chi connectivity index (χ1n) is 13.0. The smallest absolute Gasteiger partial charge is 0.264 e. The van der Waals surface area contributed by atoms with Gasteiger partial charge in [-0.05, 0) is 69.7 Å². The minimum Gasteiger partial charge on any atom is -0.497 e. The Kier molecular flexibility index (Phi) is 10.3. The summed E-state index contributed by atoms with van der Waals surface area (Å²) in [5.74, 6) is -1.11. The largest absolute Gasteiger partial charge is 0.497 e. The first-order chi connectivity index (χ1) is 19.0. The van der Waals surface area contributed by atoms with Crippen molar-refractivity contribution in [1.29, 1.82) is 0 Å². The minimum absolute atomic E-state index is 0.00457. The maximum absolute atomic E-state index is 14.6. The van der Waals surface area contributed by atoms with Crippen LogP contribution in [0.3, 0.4) is 0 Å². The Morgan fingerprint density at radius 2 is 1.60 bits per heavy atom. The summed E-state index contributed by atoms with van der Waals surface area (Å²) < 4.78 is 48.5. The molecule has 3 rings (SSSR count). The highest BCUT2D eigenvalue weighted by Crippen LogP contribution is 2.27. The highest BCUT2D eigenvalue weighted by molar-refractivity contribution is 7.92. The molecular formula is C30H36FN3O5S. The summed E-state index contributed by atoms with van der Waals surface area (Å²) in [5, 5.41) is 2.85. The molecule has 0 aliphatic rings. The molecule has 2 atom stereocenters. The summed E-state index contributed by atoms with van der Waals surface area (Å²) in [4.78, 5) is 28.2. The second-order valence-electron chi connectivity index (χ2n) is 9.63. The zero-order valence-corrected chi connectivity index (χ0v) is 24.2. The van der Waals surface area contributed by atoms with Crippen LogP contribution in [-0.2, 0) is 26.2 Å². The Morgan fingerprint density at radius 1 is 0.975 bits per heavy atom. The number of anilines is 1. The van der Waals surface area contributed by atoms with Crippen molar-refractivity contribution in [3.63, 3.8) is 0 Å². The van der Waals surface area contributed by atoms with Crippen LogP contribution in [0.2, 0.25) is 0 Å². The Morgan fingerprint density at radius 3 is 2.17 bits per heavy atom. The van der Waals surface area contributed by atoms with Gasteiger partial charge in [-0.15, -0.1) is 0 Å². The Balaban J connectivity index is 2.04. The number of carbonyl (C=O) groups excluding carboxylic acids is 2. The lowest BCUT2D eigenvalue weighted by atomic mass is 10.1. The van der Waals surface area contributed by atoms with Crippen LogP contribution in [0.4, 0.5) is 10.1 Å². The third-order valence-corrected chi connectivity index (χ3v) is 8.50. The number of ether oxygens (including phenoxy) is 1. The number of hydrogen-bond acceptors (Lipinski definition) is 5. The molecule has 0 unspecified atom stereocenters. The highest BCUT2D eigenvalue weighted by Gasteiger charge is 2.33. The summed E-state index contributed by atoms with van der Waals surface area (Å²) in [6.07, 6.45) is 0.680. The number of amides is 2. The Labute approximate surface area is 235 Å². The van der Waals surface area contributed by atoms with Crippen molar-refractivity contribution in [2.45, 2.75) is 57.6 Å². The van der Waals surface area contributed by atoms with E-state index in [1.54, 1.807) is 37.3 Å². The number of sulfonamides is 1. The number of benzene rings is 3. The van der Waals surface area contributed by atoms with Gasteiger partial charge in [-0.3, -0.25) is 13.9 Å². The Hall–Kier alpha value is -3.92. The maximum atomic E-state index is 14.6. The lowest BCUT2D eigenvalue weighted by Crippen LogP contribution is -2.52. The number of nitrogens with one attached hydrogen (secondary N) is 1. The SMILES string of the molecule is CC[C@H](C)NC(=O)[C@@H](C)N(Cc1ccccc1F)C(=O)CN(c1ccc(OC)cc1)S(=O)(=O)c1ccc(C)cc1. The van der Waals surface area contributed by atoms with E-state index in [0.29, 0.717) is 12.2 Å². The summed E-state index contributed by atoms with van der Waals surface area (Å²) in [6.45, 7) is 6.31. The average molecular weight is 570 g/mol.